The highest BCUT2D eigenvalue weighted by Crippen LogP contribution is 2.18. The van der Waals surface area contributed by atoms with Crippen molar-refractivity contribution < 1.29 is 14.3 Å². The zero-order chi connectivity index (χ0) is 16.8. The molecule has 0 amide bonds. The summed E-state index contributed by atoms with van der Waals surface area (Å²) in [6.45, 7) is 1.99. The molecule has 124 valence electrons. The van der Waals surface area contributed by atoms with Gasteiger partial charge in [0.05, 0.1) is 6.54 Å². The van der Waals surface area contributed by atoms with Gasteiger partial charge >= 0.3 is 5.97 Å². The Kier molecular flexibility index (Phi) is 5.39. The minimum atomic E-state index is -0.624. The van der Waals surface area contributed by atoms with Gasteiger partial charge in [-0.3, -0.25) is 14.5 Å². The minimum absolute atomic E-state index is 0.0461. The number of ether oxygens (including phenoxy) is 1. The van der Waals surface area contributed by atoms with Crippen LogP contribution in [-0.4, -0.2) is 29.7 Å². The number of carbonyl (C=O) groups is 2. The molecule has 0 N–H and O–H groups in total. The Morgan fingerprint density at radius 2 is 1.62 bits per heavy atom. The van der Waals surface area contributed by atoms with Crippen molar-refractivity contribution in [3.8, 4) is 0 Å². The number of Topliss-reactive ketones (excluding diaryl/α,β-unsaturated/α-hetero) is 1. The van der Waals surface area contributed by atoms with Crippen LogP contribution in [0, 0.1) is 5.92 Å². The van der Waals surface area contributed by atoms with Gasteiger partial charge in [0.15, 0.2) is 5.78 Å². The first-order chi connectivity index (χ1) is 11.7. The van der Waals surface area contributed by atoms with E-state index >= 15 is 0 Å². The molecule has 1 aliphatic heterocycles. The molecule has 0 aliphatic carbocycles. The Bertz CT molecular complexity index is 685. The van der Waals surface area contributed by atoms with Crippen molar-refractivity contribution in [1.29, 1.82) is 0 Å². The third kappa shape index (κ3) is 4.30. The van der Waals surface area contributed by atoms with Crippen molar-refractivity contribution >= 4 is 11.8 Å². The summed E-state index contributed by atoms with van der Waals surface area (Å²) >= 11 is 0. The summed E-state index contributed by atoms with van der Waals surface area (Å²) in [6, 6.07) is 19.6. The zero-order valence-electron chi connectivity index (χ0n) is 13.6. The SMILES string of the molecule is O=C1CN(Cc2ccccc2)CCC1C(=O)OCc1ccccc1. The fraction of sp³-hybridized carbons (Fsp3) is 0.300. The van der Waals surface area contributed by atoms with E-state index in [1.165, 1.54) is 5.56 Å². The quantitative estimate of drug-likeness (QED) is 0.627. The Morgan fingerprint density at radius 3 is 2.25 bits per heavy atom. The van der Waals surface area contributed by atoms with Crippen LogP contribution in [0.2, 0.25) is 0 Å². The van der Waals surface area contributed by atoms with Crippen molar-refractivity contribution in [3.63, 3.8) is 0 Å². The van der Waals surface area contributed by atoms with Crippen LogP contribution in [0.15, 0.2) is 60.7 Å². The van der Waals surface area contributed by atoms with E-state index in [0.717, 1.165) is 18.7 Å². The average Bonchev–Trinajstić information content (AvgIpc) is 2.61. The van der Waals surface area contributed by atoms with Gasteiger partial charge < -0.3 is 4.74 Å². The second kappa shape index (κ2) is 7.88. The maximum Gasteiger partial charge on any atom is 0.316 e. The topological polar surface area (TPSA) is 46.6 Å². The number of likely N-dealkylation sites (tertiary alicyclic amines) is 1. The van der Waals surface area contributed by atoms with Gasteiger partial charge in [0, 0.05) is 13.1 Å². The smallest absolute Gasteiger partial charge is 0.316 e. The first-order valence-electron chi connectivity index (χ1n) is 8.22. The van der Waals surface area contributed by atoms with Crippen molar-refractivity contribution in [1.82, 2.24) is 4.90 Å². The lowest BCUT2D eigenvalue weighted by Gasteiger charge is -2.29. The van der Waals surface area contributed by atoms with Gasteiger partial charge in [0.1, 0.15) is 12.5 Å². The van der Waals surface area contributed by atoms with E-state index in [0.29, 0.717) is 13.0 Å². The number of ketones is 1. The fourth-order valence-electron chi connectivity index (χ4n) is 2.94. The fourth-order valence-corrected chi connectivity index (χ4v) is 2.94. The third-order valence-corrected chi connectivity index (χ3v) is 4.26. The monoisotopic (exact) mass is 323 g/mol. The lowest BCUT2D eigenvalue weighted by molar-refractivity contribution is -0.155. The molecule has 0 aromatic heterocycles. The normalized spacial score (nSPS) is 18.3. The van der Waals surface area contributed by atoms with Crippen molar-refractivity contribution in [2.24, 2.45) is 5.92 Å². The molecule has 2 aromatic carbocycles. The number of hydrogen-bond donors (Lipinski definition) is 0. The Labute approximate surface area is 142 Å². The molecule has 1 saturated heterocycles. The molecule has 3 rings (SSSR count). The predicted molar refractivity (Wildman–Crippen MR) is 91.1 cm³/mol. The Morgan fingerprint density at radius 1 is 1.00 bits per heavy atom. The number of carbonyl (C=O) groups excluding carboxylic acids is 2. The second-order valence-electron chi connectivity index (χ2n) is 6.10. The number of nitrogens with zero attached hydrogens (tertiary/aromatic N) is 1. The van der Waals surface area contributed by atoms with Crippen LogP contribution < -0.4 is 0 Å². The molecule has 0 radical (unpaired) electrons. The van der Waals surface area contributed by atoms with Crippen LogP contribution in [0.5, 0.6) is 0 Å². The Hall–Kier alpha value is -2.46. The van der Waals surface area contributed by atoms with Gasteiger partial charge in [-0.15, -0.1) is 0 Å². The number of piperidine rings is 1. The maximum absolute atomic E-state index is 12.3. The highest BCUT2D eigenvalue weighted by molar-refractivity contribution is 6.00. The van der Waals surface area contributed by atoms with E-state index < -0.39 is 11.9 Å². The molecular weight excluding hydrogens is 302 g/mol. The molecule has 1 fully saturated rings. The van der Waals surface area contributed by atoms with Crippen molar-refractivity contribution in [2.75, 3.05) is 13.1 Å². The summed E-state index contributed by atoms with van der Waals surface area (Å²) in [5.41, 5.74) is 2.11. The average molecular weight is 323 g/mol. The molecule has 24 heavy (non-hydrogen) atoms. The molecule has 1 aliphatic rings. The van der Waals surface area contributed by atoms with Gasteiger partial charge in [-0.25, -0.2) is 0 Å². The van der Waals surface area contributed by atoms with E-state index in [4.69, 9.17) is 4.74 Å². The molecule has 4 heteroatoms. The number of rotatable bonds is 5. The summed E-state index contributed by atoms with van der Waals surface area (Å²) in [7, 11) is 0. The number of benzene rings is 2. The van der Waals surface area contributed by atoms with E-state index in [9.17, 15) is 9.59 Å². The standard InChI is InChI=1S/C20H21NO3/c22-19-14-21(13-16-7-3-1-4-8-16)12-11-18(19)20(23)24-15-17-9-5-2-6-10-17/h1-10,18H,11-15H2. The molecule has 4 nitrogen and oxygen atoms in total. The van der Waals surface area contributed by atoms with Crippen LogP contribution in [0.3, 0.4) is 0 Å². The highest BCUT2D eigenvalue weighted by Gasteiger charge is 2.33. The van der Waals surface area contributed by atoms with E-state index in [1.54, 1.807) is 0 Å². The second-order valence-corrected chi connectivity index (χ2v) is 6.10. The predicted octanol–water partition coefficient (Wildman–Crippen LogP) is 2.82. The van der Waals surface area contributed by atoms with E-state index in [-0.39, 0.29) is 12.4 Å². The van der Waals surface area contributed by atoms with Crippen LogP contribution in [0.4, 0.5) is 0 Å². The van der Waals surface area contributed by atoms with Gasteiger partial charge in [-0.2, -0.15) is 0 Å². The zero-order valence-corrected chi connectivity index (χ0v) is 13.6. The van der Waals surface area contributed by atoms with Gasteiger partial charge in [0.2, 0.25) is 0 Å². The summed E-state index contributed by atoms with van der Waals surface area (Å²) in [5.74, 6) is -1.07. The van der Waals surface area contributed by atoms with E-state index in [2.05, 4.69) is 4.90 Å². The molecule has 0 bridgehead atoms. The van der Waals surface area contributed by atoms with Gasteiger partial charge in [-0.1, -0.05) is 60.7 Å². The van der Waals surface area contributed by atoms with Gasteiger partial charge in [-0.05, 0) is 17.5 Å². The van der Waals surface area contributed by atoms with E-state index in [1.807, 2.05) is 60.7 Å². The number of hydrogen-bond acceptors (Lipinski definition) is 4. The summed E-state index contributed by atoms with van der Waals surface area (Å²) in [5, 5.41) is 0. The summed E-state index contributed by atoms with van der Waals surface area (Å²) in [4.78, 5) is 26.6. The van der Waals surface area contributed by atoms with Crippen LogP contribution in [-0.2, 0) is 27.5 Å². The molecule has 1 heterocycles. The van der Waals surface area contributed by atoms with Crippen LogP contribution >= 0.6 is 0 Å². The molecule has 0 saturated carbocycles. The largest absolute Gasteiger partial charge is 0.460 e. The summed E-state index contributed by atoms with van der Waals surface area (Å²) in [6.07, 6.45) is 0.527. The lowest BCUT2D eigenvalue weighted by atomic mass is 9.95. The Balaban J connectivity index is 1.50. The maximum atomic E-state index is 12.3. The molecule has 2 aromatic rings. The first-order valence-corrected chi connectivity index (χ1v) is 8.22. The van der Waals surface area contributed by atoms with Crippen molar-refractivity contribution in [3.05, 3.63) is 71.8 Å². The lowest BCUT2D eigenvalue weighted by Crippen LogP contribution is -2.43. The van der Waals surface area contributed by atoms with Crippen LogP contribution in [0.1, 0.15) is 17.5 Å². The third-order valence-electron chi connectivity index (χ3n) is 4.26. The highest BCUT2D eigenvalue weighted by atomic mass is 16.5. The molecule has 0 spiro atoms. The minimum Gasteiger partial charge on any atom is -0.460 e. The molecule has 1 unspecified atom stereocenters. The molecular formula is C20H21NO3. The first kappa shape index (κ1) is 16.4. The number of esters is 1. The molecule has 1 atom stereocenters. The van der Waals surface area contributed by atoms with Gasteiger partial charge in [0.25, 0.3) is 0 Å². The van der Waals surface area contributed by atoms with Crippen LogP contribution in [0.25, 0.3) is 0 Å². The summed E-state index contributed by atoms with van der Waals surface area (Å²) < 4.78 is 5.31. The van der Waals surface area contributed by atoms with Crippen molar-refractivity contribution in [2.45, 2.75) is 19.6 Å².